The van der Waals surface area contributed by atoms with Gasteiger partial charge in [-0.25, -0.2) is 4.79 Å². The summed E-state index contributed by atoms with van der Waals surface area (Å²) in [6.45, 7) is 1.98. The van der Waals surface area contributed by atoms with E-state index >= 15 is 0 Å². The molecule has 0 radical (unpaired) electrons. The van der Waals surface area contributed by atoms with Crippen molar-refractivity contribution < 1.29 is 14.6 Å². The van der Waals surface area contributed by atoms with Crippen molar-refractivity contribution in [3.05, 3.63) is 102 Å². The van der Waals surface area contributed by atoms with Gasteiger partial charge in [0.2, 0.25) is 0 Å². The van der Waals surface area contributed by atoms with Crippen LogP contribution in [0.5, 0.6) is 5.75 Å². The Bertz CT molecular complexity index is 789. The Hall–Kier alpha value is -3.07. The number of carboxylic acids is 1. The summed E-state index contributed by atoms with van der Waals surface area (Å²) in [4.78, 5) is 11.4. The lowest BCUT2D eigenvalue weighted by atomic mass is 9.87. The van der Waals surface area contributed by atoms with E-state index in [9.17, 15) is 9.90 Å². The number of carboxylic acid groups (broad SMARTS) is 1. The molecule has 3 nitrogen and oxygen atoms in total. The van der Waals surface area contributed by atoms with Gasteiger partial charge in [-0.1, -0.05) is 72.8 Å². The number of rotatable bonds is 6. The summed E-state index contributed by atoms with van der Waals surface area (Å²) in [6, 6.07) is 27.0. The van der Waals surface area contributed by atoms with E-state index < -0.39 is 5.97 Å². The lowest BCUT2D eigenvalue weighted by molar-refractivity contribution is 0.0689. The minimum atomic E-state index is -0.987. The molecule has 0 aliphatic carbocycles. The molecule has 1 atom stereocenters. The highest BCUT2D eigenvalue weighted by atomic mass is 16.5. The molecule has 3 aromatic carbocycles. The van der Waals surface area contributed by atoms with E-state index in [1.165, 1.54) is 0 Å². The van der Waals surface area contributed by atoms with E-state index in [4.69, 9.17) is 4.74 Å². The van der Waals surface area contributed by atoms with Crippen molar-refractivity contribution in [1.82, 2.24) is 0 Å². The van der Waals surface area contributed by atoms with Gasteiger partial charge in [0.15, 0.2) is 0 Å². The molecule has 0 heterocycles. The second-order valence-electron chi connectivity index (χ2n) is 5.92. The van der Waals surface area contributed by atoms with Crippen LogP contribution in [0.3, 0.4) is 0 Å². The number of hydrogen-bond acceptors (Lipinski definition) is 2. The first-order chi connectivity index (χ1) is 12.2. The zero-order chi connectivity index (χ0) is 17.6. The Labute approximate surface area is 147 Å². The van der Waals surface area contributed by atoms with Gasteiger partial charge in [0.1, 0.15) is 17.4 Å². The fourth-order valence-electron chi connectivity index (χ4n) is 3.07. The minimum absolute atomic E-state index is 0.00394. The van der Waals surface area contributed by atoms with Gasteiger partial charge < -0.3 is 9.84 Å². The number of aromatic carboxylic acids is 1. The van der Waals surface area contributed by atoms with Gasteiger partial charge in [-0.2, -0.15) is 0 Å². The van der Waals surface area contributed by atoms with Crippen molar-refractivity contribution in [1.29, 1.82) is 0 Å². The smallest absolute Gasteiger partial charge is 0.339 e. The van der Waals surface area contributed by atoms with Crippen molar-refractivity contribution in [3.63, 3.8) is 0 Å². The van der Waals surface area contributed by atoms with Crippen molar-refractivity contribution >= 4 is 5.97 Å². The van der Waals surface area contributed by atoms with E-state index in [0.29, 0.717) is 5.75 Å². The van der Waals surface area contributed by atoms with Crippen LogP contribution in [0.15, 0.2) is 84.9 Å². The summed E-state index contributed by atoms with van der Waals surface area (Å²) >= 11 is 0. The highest BCUT2D eigenvalue weighted by molar-refractivity contribution is 5.90. The quantitative estimate of drug-likeness (QED) is 0.692. The van der Waals surface area contributed by atoms with Crippen LogP contribution in [0.4, 0.5) is 0 Å². The third kappa shape index (κ3) is 3.89. The summed E-state index contributed by atoms with van der Waals surface area (Å²) in [5.41, 5.74) is 2.44. The average Bonchev–Trinajstić information content (AvgIpc) is 2.64. The molecule has 0 unspecified atom stereocenters. The monoisotopic (exact) mass is 332 g/mol. The molecule has 0 saturated carbocycles. The van der Waals surface area contributed by atoms with E-state index in [-0.39, 0.29) is 17.6 Å². The number of benzene rings is 3. The average molecular weight is 332 g/mol. The molecule has 3 rings (SSSR count). The van der Waals surface area contributed by atoms with Gasteiger partial charge >= 0.3 is 5.97 Å². The maximum atomic E-state index is 11.4. The van der Waals surface area contributed by atoms with Gasteiger partial charge in [0, 0.05) is 5.92 Å². The lowest BCUT2D eigenvalue weighted by Crippen LogP contribution is -2.24. The highest BCUT2D eigenvalue weighted by Crippen LogP contribution is 2.31. The molecule has 126 valence electrons. The molecule has 25 heavy (non-hydrogen) atoms. The second kappa shape index (κ2) is 7.67. The standard InChI is InChI=1S/C22H20O3/c1-16(25-20-15-9-8-14-19(20)22(23)24)21(17-10-4-2-5-11-17)18-12-6-3-7-13-18/h2-16,21H,1H3,(H,23,24)/t16-/m1/s1. The molecule has 0 spiro atoms. The second-order valence-corrected chi connectivity index (χ2v) is 5.92. The molecule has 3 aromatic rings. The fourth-order valence-corrected chi connectivity index (χ4v) is 3.07. The van der Waals surface area contributed by atoms with Crippen molar-refractivity contribution in [2.75, 3.05) is 0 Å². The van der Waals surface area contributed by atoms with Gasteiger partial charge in [-0.3, -0.25) is 0 Å². The Morgan fingerprint density at radius 1 is 0.800 bits per heavy atom. The zero-order valence-corrected chi connectivity index (χ0v) is 14.0. The molecule has 0 fully saturated rings. The predicted octanol–water partition coefficient (Wildman–Crippen LogP) is 4.98. The first kappa shape index (κ1) is 16.8. The SMILES string of the molecule is C[C@@H](Oc1ccccc1C(=O)O)C(c1ccccc1)c1ccccc1. The lowest BCUT2D eigenvalue weighted by Gasteiger charge is -2.26. The van der Waals surface area contributed by atoms with Crippen LogP contribution >= 0.6 is 0 Å². The third-order valence-electron chi connectivity index (χ3n) is 4.22. The topological polar surface area (TPSA) is 46.5 Å². The molecular weight excluding hydrogens is 312 g/mol. The molecule has 0 aromatic heterocycles. The molecule has 0 saturated heterocycles. The maximum absolute atomic E-state index is 11.4. The van der Waals surface area contributed by atoms with Crippen LogP contribution < -0.4 is 4.74 Å². The van der Waals surface area contributed by atoms with Crippen LogP contribution in [0.2, 0.25) is 0 Å². The number of hydrogen-bond donors (Lipinski definition) is 1. The van der Waals surface area contributed by atoms with Crippen LogP contribution in [0.25, 0.3) is 0 Å². The molecular formula is C22H20O3. The molecule has 0 aliphatic rings. The summed E-state index contributed by atoms with van der Waals surface area (Å²) in [6.07, 6.45) is -0.231. The maximum Gasteiger partial charge on any atom is 0.339 e. The van der Waals surface area contributed by atoms with Gasteiger partial charge in [-0.15, -0.1) is 0 Å². The van der Waals surface area contributed by atoms with Crippen LogP contribution in [-0.4, -0.2) is 17.2 Å². The Morgan fingerprint density at radius 2 is 1.28 bits per heavy atom. The normalized spacial score (nSPS) is 11.9. The van der Waals surface area contributed by atoms with Crippen molar-refractivity contribution in [3.8, 4) is 5.75 Å². The molecule has 0 amide bonds. The summed E-state index contributed by atoms with van der Waals surface area (Å²) in [5.74, 6) is -0.595. The van der Waals surface area contributed by atoms with E-state index in [1.807, 2.05) is 43.3 Å². The summed E-state index contributed by atoms with van der Waals surface area (Å²) in [5, 5.41) is 9.37. The molecule has 0 aliphatic heterocycles. The van der Waals surface area contributed by atoms with E-state index in [0.717, 1.165) is 11.1 Å². The number of ether oxygens (including phenoxy) is 1. The Morgan fingerprint density at radius 3 is 1.80 bits per heavy atom. The van der Waals surface area contributed by atoms with Gasteiger partial charge in [-0.05, 0) is 30.2 Å². The molecule has 1 N–H and O–H groups in total. The third-order valence-corrected chi connectivity index (χ3v) is 4.22. The predicted molar refractivity (Wildman–Crippen MR) is 98.2 cm³/mol. The van der Waals surface area contributed by atoms with Crippen LogP contribution in [0.1, 0.15) is 34.3 Å². The summed E-state index contributed by atoms with van der Waals surface area (Å²) in [7, 11) is 0. The van der Waals surface area contributed by atoms with E-state index in [1.54, 1.807) is 24.3 Å². The first-order valence-electron chi connectivity index (χ1n) is 8.25. The largest absolute Gasteiger partial charge is 0.489 e. The summed E-state index contributed by atoms with van der Waals surface area (Å²) < 4.78 is 6.10. The zero-order valence-electron chi connectivity index (χ0n) is 14.0. The Kier molecular flexibility index (Phi) is 5.14. The number of carbonyl (C=O) groups is 1. The number of para-hydroxylation sites is 1. The van der Waals surface area contributed by atoms with Crippen LogP contribution in [-0.2, 0) is 0 Å². The van der Waals surface area contributed by atoms with Crippen LogP contribution in [0, 0.1) is 0 Å². The van der Waals surface area contributed by atoms with Crippen molar-refractivity contribution in [2.24, 2.45) is 0 Å². The van der Waals surface area contributed by atoms with E-state index in [2.05, 4.69) is 24.3 Å². The fraction of sp³-hybridized carbons (Fsp3) is 0.136. The first-order valence-corrected chi connectivity index (χ1v) is 8.25. The Balaban J connectivity index is 1.96. The minimum Gasteiger partial charge on any atom is -0.489 e. The van der Waals surface area contributed by atoms with Gasteiger partial charge in [0.25, 0.3) is 0 Å². The van der Waals surface area contributed by atoms with Crippen molar-refractivity contribution in [2.45, 2.75) is 18.9 Å². The molecule has 0 bridgehead atoms. The van der Waals surface area contributed by atoms with Gasteiger partial charge in [0.05, 0.1) is 0 Å². The molecule has 3 heteroatoms. The highest BCUT2D eigenvalue weighted by Gasteiger charge is 2.24.